The maximum absolute atomic E-state index is 12.4. The van der Waals surface area contributed by atoms with Crippen LogP contribution in [0.1, 0.15) is 26.7 Å². The maximum Gasteiger partial charge on any atom is 0.303 e. The second-order valence-electron chi connectivity index (χ2n) is 5.26. The number of hydrogen-bond donors (Lipinski definition) is 1. The molecule has 0 aromatic carbocycles. The quantitative estimate of drug-likeness (QED) is 0.756. The van der Waals surface area contributed by atoms with E-state index in [-0.39, 0.29) is 18.0 Å². The Bertz CT molecular complexity index is 486. The van der Waals surface area contributed by atoms with Crippen LogP contribution in [-0.2, 0) is 14.4 Å². The summed E-state index contributed by atoms with van der Waals surface area (Å²) < 4.78 is 0. The van der Waals surface area contributed by atoms with Crippen LogP contribution in [0.3, 0.4) is 0 Å². The van der Waals surface area contributed by atoms with Crippen molar-refractivity contribution in [1.82, 2.24) is 0 Å². The minimum atomic E-state index is -0.945. The van der Waals surface area contributed by atoms with Gasteiger partial charge in [-0.3, -0.25) is 14.4 Å². The highest BCUT2D eigenvalue weighted by Crippen LogP contribution is 2.48. The second kappa shape index (κ2) is 4.19. The predicted octanol–water partition coefficient (Wildman–Crippen LogP) is 1.76. The number of allylic oxidation sites excluding steroid dienone is 4. The zero-order valence-corrected chi connectivity index (χ0v) is 10.5. The molecule has 0 aromatic rings. The highest BCUT2D eigenvalue weighted by atomic mass is 16.4. The molecular weight excluding hydrogens is 232 g/mol. The van der Waals surface area contributed by atoms with Crippen LogP contribution in [0.25, 0.3) is 0 Å². The molecule has 0 fully saturated rings. The third-order valence-electron chi connectivity index (χ3n) is 4.18. The van der Waals surface area contributed by atoms with Crippen molar-refractivity contribution in [2.45, 2.75) is 26.7 Å². The number of aliphatic carboxylic acids is 1. The Morgan fingerprint density at radius 2 is 2.17 bits per heavy atom. The van der Waals surface area contributed by atoms with Crippen molar-refractivity contribution in [2.24, 2.45) is 17.3 Å². The Hall–Kier alpha value is -1.71. The lowest BCUT2D eigenvalue weighted by atomic mass is 9.56. The Morgan fingerprint density at radius 3 is 2.78 bits per heavy atom. The average molecular weight is 248 g/mol. The summed E-state index contributed by atoms with van der Waals surface area (Å²) in [6.45, 7) is 3.35. The molecule has 0 aromatic heterocycles. The SMILES string of the molecule is CC1=CC(=O)[C@H]2CC=C[C@H](CC(=O)O)[C@]2(C)C1=O. The molecule has 96 valence electrons. The van der Waals surface area contributed by atoms with E-state index in [9.17, 15) is 14.4 Å². The van der Waals surface area contributed by atoms with Gasteiger partial charge in [-0.1, -0.05) is 19.1 Å². The molecular formula is C14H16O4. The van der Waals surface area contributed by atoms with Crippen LogP contribution in [-0.4, -0.2) is 22.6 Å². The number of rotatable bonds is 2. The zero-order chi connectivity index (χ0) is 13.5. The van der Waals surface area contributed by atoms with Crippen LogP contribution in [0.2, 0.25) is 0 Å². The average Bonchev–Trinajstić information content (AvgIpc) is 2.28. The van der Waals surface area contributed by atoms with Crippen molar-refractivity contribution < 1.29 is 19.5 Å². The fraction of sp³-hybridized carbons (Fsp3) is 0.500. The first-order valence-electron chi connectivity index (χ1n) is 6.02. The summed E-state index contributed by atoms with van der Waals surface area (Å²) in [5.41, 5.74) is -0.465. The molecule has 0 saturated heterocycles. The van der Waals surface area contributed by atoms with Crippen molar-refractivity contribution in [3.63, 3.8) is 0 Å². The summed E-state index contributed by atoms with van der Waals surface area (Å²) in [7, 11) is 0. The van der Waals surface area contributed by atoms with Gasteiger partial charge in [0.2, 0.25) is 0 Å². The molecule has 2 aliphatic carbocycles. The maximum atomic E-state index is 12.4. The van der Waals surface area contributed by atoms with E-state index in [1.807, 2.05) is 6.08 Å². The number of carbonyl (C=O) groups is 3. The van der Waals surface area contributed by atoms with Gasteiger partial charge < -0.3 is 5.11 Å². The Morgan fingerprint density at radius 1 is 1.50 bits per heavy atom. The summed E-state index contributed by atoms with van der Waals surface area (Å²) in [4.78, 5) is 35.3. The van der Waals surface area contributed by atoms with Crippen LogP contribution < -0.4 is 0 Å². The third-order valence-corrected chi connectivity index (χ3v) is 4.18. The van der Waals surface area contributed by atoms with Gasteiger partial charge >= 0.3 is 5.97 Å². The lowest BCUT2D eigenvalue weighted by Gasteiger charge is -2.44. The van der Waals surface area contributed by atoms with Gasteiger partial charge in [0.05, 0.1) is 6.42 Å². The molecule has 0 aliphatic heterocycles. The van der Waals surface area contributed by atoms with Gasteiger partial charge in [-0.25, -0.2) is 0 Å². The molecule has 0 radical (unpaired) electrons. The minimum absolute atomic E-state index is 0.0608. The molecule has 0 bridgehead atoms. The van der Waals surface area contributed by atoms with Crippen LogP contribution >= 0.6 is 0 Å². The zero-order valence-electron chi connectivity index (χ0n) is 10.5. The number of carboxylic acid groups (broad SMARTS) is 1. The Labute approximate surface area is 105 Å². The van der Waals surface area contributed by atoms with Gasteiger partial charge in [0.1, 0.15) is 0 Å². The first-order chi connectivity index (χ1) is 8.37. The van der Waals surface area contributed by atoms with E-state index in [2.05, 4.69) is 0 Å². The summed E-state index contributed by atoms with van der Waals surface area (Å²) in [6, 6.07) is 0. The first-order valence-corrected chi connectivity index (χ1v) is 6.02. The molecule has 0 spiro atoms. The van der Waals surface area contributed by atoms with Crippen molar-refractivity contribution in [2.75, 3.05) is 0 Å². The number of ketones is 2. The molecule has 0 heterocycles. The first kappa shape index (κ1) is 12.7. The highest BCUT2D eigenvalue weighted by molar-refractivity contribution is 6.12. The smallest absolute Gasteiger partial charge is 0.303 e. The molecule has 4 nitrogen and oxygen atoms in total. The van der Waals surface area contributed by atoms with Crippen molar-refractivity contribution in [3.05, 3.63) is 23.8 Å². The van der Waals surface area contributed by atoms with Crippen molar-refractivity contribution >= 4 is 17.5 Å². The van der Waals surface area contributed by atoms with Gasteiger partial charge in [0, 0.05) is 17.3 Å². The number of fused-ring (bicyclic) bond motifs is 1. The van der Waals surface area contributed by atoms with Crippen molar-refractivity contribution in [1.29, 1.82) is 0 Å². The van der Waals surface area contributed by atoms with E-state index in [1.165, 1.54) is 6.08 Å². The molecule has 4 heteroatoms. The van der Waals surface area contributed by atoms with Gasteiger partial charge in [0.25, 0.3) is 0 Å². The summed E-state index contributed by atoms with van der Waals surface area (Å²) in [6.07, 6.45) is 5.39. The standard InChI is InChI=1S/C14H16O4/c1-8-6-11(15)10-5-3-4-9(7-12(16)17)14(10,2)13(8)18/h3-4,6,9-10H,5,7H2,1-2H3,(H,16,17)/t9-,10-,14+/m1/s1. The van der Waals surface area contributed by atoms with Gasteiger partial charge in [-0.2, -0.15) is 0 Å². The lowest BCUT2D eigenvalue weighted by Crippen LogP contribution is -2.50. The Balaban J connectivity index is 2.48. The number of hydrogen-bond acceptors (Lipinski definition) is 3. The van der Waals surface area contributed by atoms with E-state index < -0.39 is 23.2 Å². The third kappa shape index (κ3) is 1.72. The van der Waals surface area contributed by atoms with Gasteiger partial charge in [-0.15, -0.1) is 0 Å². The van der Waals surface area contributed by atoms with Crippen LogP contribution in [0, 0.1) is 17.3 Å². The molecule has 2 rings (SSSR count). The topological polar surface area (TPSA) is 71.4 Å². The predicted molar refractivity (Wildman–Crippen MR) is 64.9 cm³/mol. The largest absolute Gasteiger partial charge is 0.481 e. The number of Topliss-reactive ketones (excluding diaryl/α,β-unsaturated/α-hetero) is 1. The highest BCUT2D eigenvalue weighted by Gasteiger charge is 2.52. The van der Waals surface area contributed by atoms with Crippen LogP contribution in [0.5, 0.6) is 0 Å². The molecule has 18 heavy (non-hydrogen) atoms. The Kier molecular flexibility index (Phi) is 2.97. The molecule has 0 saturated carbocycles. The lowest BCUT2D eigenvalue weighted by molar-refractivity contribution is -0.144. The van der Waals surface area contributed by atoms with Gasteiger partial charge in [0.15, 0.2) is 11.6 Å². The molecule has 2 aliphatic rings. The van der Waals surface area contributed by atoms with Gasteiger partial charge in [-0.05, 0) is 25.0 Å². The summed E-state index contributed by atoms with van der Waals surface area (Å²) in [5.74, 6) is -1.92. The minimum Gasteiger partial charge on any atom is -0.481 e. The summed E-state index contributed by atoms with van der Waals surface area (Å²) >= 11 is 0. The summed E-state index contributed by atoms with van der Waals surface area (Å²) in [5, 5.41) is 8.94. The van der Waals surface area contributed by atoms with Crippen LogP contribution in [0.15, 0.2) is 23.8 Å². The molecule has 3 atom stereocenters. The second-order valence-corrected chi connectivity index (χ2v) is 5.26. The number of carboxylic acids is 1. The fourth-order valence-electron chi connectivity index (χ4n) is 3.09. The van der Waals surface area contributed by atoms with Crippen LogP contribution in [0.4, 0.5) is 0 Å². The monoisotopic (exact) mass is 248 g/mol. The van der Waals surface area contributed by atoms with E-state index in [4.69, 9.17) is 5.11 Å². The normalized spacial score (nSPS) is 35.1. The van der Waals surface area contributed by atoms with E-state index >= 15 is 0 Å². The van der Waals surface area contributed by atoms with E-state index in [0.717, 1.165) is 0 Å². The van der Waals surface area contributed by atoms with Crippen molar-refractivity contribution in [3.8, 4) is 0 Å². The van der Waals surface area contributed by atoms with E-state index in [0.29, 0.717) is 12.0 Å². The van der Waals surface area contributed by atoms with E-state index in [1.54, 1.807) is 19.9 Å². The molecule has 0 unspecified atom stereocenters. The fourth-order valence-corrected chi connectivity index (χ4v) is 3.09. The molecule has 1 N–H and O–H groups in total. The molecule has 0 amide bonds. The number of carbonyl (C=O) groups excluding carboxylic acids is 2.